The molecule has 112 valence electrons. The van der Waals surface area contributed by atoms with Gasteiger partial charge in [0.15, 0.2) is 0 Å². The number of phenolic OH excluding ortho intramolecular Hbond substituents is 2. The molecule has 2 aromatic rings. The van der Waals surface area contributed by atoms with Crippen LogP contribution < -0.4 is 5.32 Å². The molecule has 5 nitrogen and oxygen atoms in total. The van der Waals surface area contributed by atoms with Gasteiger partial charge in [0.2, 0.25) is 0 Å². The molecule has 4 N–H and O–H groups in total. The first kappa shape index (κ1) is 15.3. The van der Waals surface area contributed by atoms with Gasteiger partial charge in [-0.25, -0.2) is 0 Å². The third-order valence-corrected chi connectivity index (χ3v) is 4.18. The Morgan fingerprint density at radius 3 is 2.67 bits per heavy atom. The van der Waals surface area contributed by atoms with Crippen molar-refractivity contribution in [3.63, 3.8) is 0 Å². The van der Waals surface area contributed by atoms with E-state index in [9.17, 15) is 15.0 Å². The zero-order valence-electron chi connectivity index (χ0n) is 11.5. The quantitative estimate of drug-likeness (QED) is 0.658. The van der Waals surface area contributed by atoms with Crippen LogP contribution in [0.5, 0.6) is 11.5 Å². The Labute approximate surface area is 126 Å². The van der Waals surface area contributed by atoms with Gasteiger partial charge in [-0.2, -0.15) is 0 Å². The fourth-order valence-electron chi connectivity index (χ4n) is 2.20. The fraction of sp³-hybridized carbons (Fsp3) is 0.267. The molecule has 1 aromatic heterocycles. The molecule has 0 bridgehead atoms. The number of aliphatic carboxylic acids is 1. The summed E-state index contributed by atoms with van der Waals surface area (Å²) < 4.78 is 0. The number of hydrogen-bond donors (Lipinski definition) is 4. The predicted molar refractivity (Wildman–Crippen MR) is 80.6 cm³/mol. The molecule has 21 heavy (non-hydrogen) atoms. The van der Waals surface area contributed by atoms with Gasteiger partial charge >= 0.3 is 5.97 Å². The van der Waals surface area contributed by atoms with Crippen molar-refractivity contribution < 1.29 is 20.1 Å². The van der Waals surface area contributed by atoms with Gasteiger partial charge in [0, 0.05) is 22.5 Å². The molecule has 0 fully saturated rings. The number of carboxylic acids is 1. The first-order valence-electron chi connectivity index (χ1n) is 6.50. The highest BCUT2D eigenvalue weighted by atomic mass is 32.1. The maximum atomic E-state index is 11.0. The van der Waals surface area contributed by atoms with E-state index in [-0.39, 0.29) is 30.0 Å². The molecule has 0 aliphatic heterocycles. The van der Waals surface area contributed by atoms with Gasteiger partial charge in [0.05, 0.1) is 12.5 Å². The van der Waals surface area contributed by atoms with Crippen molar-refractivity contribution in [3.8, 4) is 11.5 Å². The lowest BCUT2D eigenvalue weighted by Crippen LogP contribution is -2.26. The van der Waals surface area contributed by atoms with Crippen LogP contribution in [0.25, 0.3) is 0 Å². The second-order valence-electron chi connectivity index (χ2n) is 4.80. The Balaban J connectivity index is 2.17. The number of carbonyl (C=O) groups is 1. The summed E-state index contributed by atoms with van der Waals surface area (Å²) in [4.78, 5) is 11.9. The maximum absolute atomic E-state index is 11.0. The van der Waals surface area contributed by atoms with Crippen molar-refractivity contribution in [2.45, 2.75) is 25.4 Å². The van der Waals surface area contributed by atoms with E-state index in [2.05, 4.69) is 5.32 Å². The minimum atomic E-state index is -0.886. The zero-order valence-corrected chi connectivity index (χ0v) is 12.3. The van der Waals surface area contributed by atoms with Crippen molar-refractivity contribution in [2.75, 3.05) is 0 Å². The van der Waals surface area contributed by atoms with Crippen LogP contribution in [0.4, 0.5) is 0 Å². The van der Waals surface area contributed by atoms with Gasteiger partial charge in [-0.05, 0) is 24.4 Å². The minimum Gasteiger partial charge on any atom is -0.508 e. The molecule has 0 radical (unpaired) electrons. The number of phenols is 2. The summed E-state index contributed by atoms with van der Waals surface area (Å²) in [6, 6.07) is 7.56. The van der Waals surface area contributed by atoms with Crippen LogP contribution in [0.15, 0.2) is 35.7 Å². The summed E-state index contributed by atoms with van der Waals surface area (Å²) in [6.07, 6.45) is -0.0380. The fourth-order valence-corrected chi connectivity index (χ4v) is 2.98. The normalized spacial score (nSPS) is 13.8. The standard InChI is InChI=1S/C15H17NO4S/c1-9(11-5-4-10(17)7-13(11)18)16-12(8-15(19)20)14-3-2-6-21-14/h2-7,9,12,16-18H,8H2,1H3,(H,19,20). The second-order valence-corrected chi connectivity index (χ2v) is 5.78. The van der Waals surface area contributed by atoms with E-state index >= 15 is 0 Å². The van der Waals surface area contributed by atoms with Gasteiger partial charge in [0.25, 0.3) is 0 Å². The average molecular weight is 307 g/mol. The molecule has 1 aromatic carbocycles. The number of thiophene rings is 1. The van der Waals surface area contributed by atoms with Crippen LogP contribution in [0, 0.1) is 0 Å². The lowest BCUT2D eigenvalue weighted by molar-refractivity contribution is -0.137. The highest BCUT2D eigenvalue weighted by molar-refractivity contribution is 7.10. The molecule has 0 spiro atoms. The van der Waals surface area contributed by atoms with Crippen molar-refractivity contribution >= 4 is 17.3 Å². The average Bonchev–Trinajstić information content (AvgIpc) is 2.90. The maximum Gasteiger partial charge on any atom is 0.305 e. The molecule has 2 unspecified atom stereocenters. The Morgan fingerprint density at radius 1 is 1.33 bits per heavy atom. The van der Waals surface area contributed by atoms with Crippen molar-refractivity contribution in [3.05, 3.63) is 46.2 Å². The molecule has 0 amide bonds. The van der Waals surface area contributed by atoms with E-state index in [1.165, 1.54) is 23.5 Å². The van der Waals surface area contributed by atoms with Crippen molar-refractivity contribution in [2.24, 2.45) is 0 Å². The Kier molecular flexibility index (Phi) is 4.82. The lowest BCUT2D eigenvalue weighted by Gasteiger charge is -2.22. The summed E-state index contributed by atoms with van der Waals surface area (Å²) in [5, 5.41) is 33.3. The third-order valence-electron chi connectivity index (χ3n) is 3.20. The van der Waals surface area contributed by atoms with Crippen LogP contribution >= 0.6 is 11.3 Å². The highest BCUT2D eigenvalue weighted by Gasteiger charge is 2.20. The van der Waals surface area contributed by atoms with Crippen molar-refractivity contribution in [1.29, 1.82) is 0 Å². The monoisotopic (exact) mass is 307 g/mol. The molecular formula is C15H17NO4S. The van der Waals surface area contributed by atoms with Crippen LogP contribution in [0.2, 0.25) is 0 Å². The van der Waals surface area contributed by atoms with E-state index in [0.29, 0.717) is 5.56 Å². The minimum absolute atomic E-state index is 0.0104. The first-order valence-corrected chi connectivity index (χ1v) is 7.38. The molecule has 0 aliphatic carbocycles. The van der Waals surface area contributed by atoms with E-state index in [0.717, 1.165) is 4.88 Å². The smallest absolute Gasteiger partial charge is 0.305 e. The van der Waals surface area contributed by atoms with E-state index in [1.807, 2.05) is 24.4 Å². The van der Waals surface area contributed by atoms with Crippen LogP contribution in [-0.2, 0) is 4.79 Å². The van der Waals surface area contributed by atoms with Crippen LogP contribution in [0.3, 0.4) is 0 Å². The molecule has 0 saturated heterocycles. The molecule has 1 heterocycles. The van der Waals surface area contributed by atoms with Gasteiger partial charge in [0.1, 0.15) is 11.5 Å². The largest absolute Gasteiger partial charge is 0.508 e. The van der Waals surface area contributed by atoms with Gasteiger partial charge in [-0.3, -0.25) is 4.79 Å². The van der Waals surface area contributed by atoms with Gasteiger partial charge in [-0.15, -0.1) is 11.3 Å². The Bertz CT molecular complexity index is 612. The van der Waals surface area contributed by atoms with E-state index < -0.39 is 5.97 Å². The van der Waals surface area contributed by atoms with Crippen LogP contribution in [0.1, 0.15) is 35.9 Å². The number of aromatic hydroxyl groups is 2. The Morgan fingerprint density at radius 2 is 2.10 bits per heavy atom. The lowest BCUT2D eigenvalue weighted by atomic mass is 10.0. The van der Waals surface area contributed by atoms with Gasteiger partial charge < -0.3 is 20.6 Å². The first-order chi connectivity index (χ1) is 9.97. The molecule has 6 heteroatoms. The summed E-state index contributed by atoms with van der Waals surface area (Å²) in [6.45, 7) is 1.84. The molecule has 0 saturated carbocycles. The van der Waals surface area contributed by atoms with E-state index in [4.69, 9.17) is 5.11 Å². The number of rotatable bonds is 6. The SMILES string of the molecule is CC(NC(CC(=O)O)c1cccs1)c1ccc(O)cc1O. The molecule has 0 aliphatic rings. The number of hydrogen-bond acceptors (Lipinski definition) is 5. The van der Waals surface area contributed by atoms with E-state index in [1.54, 1.807) is 6.07 Å². The summed E-state index contributed by atoms with van der Waals surface area (Å²) in [5.74, 6) is -0.915. The molecule has 2 rings (SSSR count). The number of carboxylic acid groups (broad SMARTS) is 1. The third kappa shape index (κ3) is 3.96. The topological polar surface area (TPSA) is 89.8 Å². The highest BCUT2D eigenvalue weighted by Crippen LogP contribution is 2.31. The number of benzene rings is 1. The second kappa shape index (κ2) is 6.60. The summed E-state index contributed by atoms with van der Waals surface area (Å²) >= 11 is 1.49. The predicted octanol–water partition coefficient (Wildman–Crippen LogP) is 3.03. The molecule has 2 atom stereocenters. The summed E-state index contributed by atoms with van der Waals surface area (Å²) in [5.41, 5.74) is 0.611. The van der Waals surface area contributed by atoms with Crippen molar-refractivity contribution in [1.82, 2.24) is 5.32 Å². The molecular weight excluding hydrogens is 290 g/mol. The zero-order chi connectivity index (χ0) is 15.4. The Hall–Kier alpha value is -2.05. The summed E-state index contributed by atoms with van der Waals surface area (Å²) in [7, 11) is 0. The van der Waals surface area contributed by atoms with Gasteiger partial charge in [-0.1, -0.05) is 12.1 Å². The number of nitrogens with one attached hydrogen (secondary N) is 1. The van der Waals surface area contributed by atoms with Crippen LogP contribution in [-0.4, -0.2) is 21.3 Å².